The lowest BCUT2D eigenvalue weighted by molar-refractivity contribution is 0.151. The van der Waals surface area contributed by atoms with E-state index in [2.05, 4.69) is 26.0 Å². The quantitative estimate of drug-likeness (QED) is 0.336. The fourth-order valence-electron chi connectivity index (χ4n) is 4.87. The average molecular weight is 321 g/mol. The summed E-state index contributed by atoms with van der Waals surface area (Å²) in [7, 11) is 0. The predicted octanol–water partition coefficient (Wildman–Crippen LogP) is 6.77. The van der Waals surface area contributed by atoms with Crippen LogP contribution in [0.2, 0.25) is 0 Å². The Morgan fingerprint density at radius 3 is 2.09 bits per heavy atom. The summed E-state index contributed by atoms with van der Waals surface area (Å²) < 4.78 is 5.40. The molecule has 0 aromatic heterocycles. The minimum Gasteiger partial charge on any atom is -0.378 e. The molecule has 0 aromatic carbocycles. The third-order valence-electron chi connectivity index (χ3n) is 6.42. The van der Waals surface area contributed by atoms with E-state index in [1.807, 2.05) is 0 Å². The molecule has 0 N–H and O–H groups in total. The smallest absolute Gasteiger partial charge is 0.0647 e. The van der Waals surface area contributed by atoms with Crippen LogP contribution in [0.1, 0.15) is 90.9 Å². The van der Waals surface area contributed by atoms with Crippen LogP contribution in [0.5, 0.6) is 0 Å². The van der Waals surface area contributed by atoms with Gasteiger partial charge in [-0.05, 0) is 69.1 Å². The highest BCUT2D eigenvalue weighted by molar-refractivity contribution is 4.92. The van der Waals surface area contributed by atoms with Gasteiger partial charge in [-0.25, -0.2) is 0 Å². The Morgan fingerprint density at radius 2 is 1.48 bits per heavy atom. The molecule has 134 valence electrons. The Labute approximate surface area is 145 Å². The highest BCUT2D eigenvalue weighted by Gasteiger charge is 2.30. The Balaban J connectivity index is 1.60. The molecule has 1 nitrogen and oxygen atoms in total. The van der Waals surface area contributed by atoms with Crippen LogP contribution in [0.4, 0.5) is 0 Å². The number of allylic oxidation sites excluding steroid dienone is 1. The van der Waals surface area contributed by atoms with Crippen molar-refractivity contribution in [2.24, 2.45) is 23.7 Å². The topological polar surface area (TPSA) is 9.23 Å². The van der Waals surface area contributed by atoms with Crippen LogP contribution in [-0.2, 0) is 4.74 Å². The molecule has 0 aromatic rings. The summed E-state index contributed by atoms with van der Waals surface area (Å²) in [6, 6.07) is 0. The Kier molecular flexibility index (Phi) is 9.34. The fourth-order valence-corrected chi connectivity index (χ4v) is 4.87. The van der Waals surface area contributed by atoms with Crippen LogP contribution in [0.25, 0.3) is 0 Å². The van der Waals surface area contributed by atoms with Crippen molar-refractivity contribution in [1.29, 1.82) is 0 Å². The van der Waals surface area contributed by atoms with Gasteiger partial charge in [-0.3, -0.25) is 0 Å². The van der Waals surface area contributed by atoms with E-state index in [9.17, 15) is 0 Å². The molecule has 0 unspecified atom stereocenters. The van der Waals surface area contributed by atoms with E-state index in [1.165, 1.54) is 77.0 Å². The molecule has 2 aliphatic rings. The number of unbranched alkanes of at least 4 members (excludes halogenated alkanes) is 2. The van der Waals surface area contributed by atoms with Gasteiger partial charge in [-0.15, -0.1) is 0 Å². The lowest BCUT2D eigenvalue weighted by Gasteiger charge is -2.37. The van der Waals surface area contributed by atoms with Crippen molar-refractivity contribution in [3.63, 3.8) is 0 Å². The molecule has 0 radical (unpaired) electrons. The third-order valence-corrected chi connectivity index (χ3v) is 6.42. The lowest BCUT2D eigenvalue weighted by atomic mass is 9.68. The highest BCUT2D eigenvalue weighted by atomic mass is 16.5. The first kappa shape index (κ1) is 19.0. The van der Waals surface area contributed by atoms with Crippen molar-refractivity contribution in [3.8, 4) is 0 Å². The summed E-state index contributed by atoms with van der Waals surface area (Å²) in [6.07, 6.45) is 22.4. The first-order valence-electron chi connectivity index (χ1n) is 10.6. The van der Waals surface area contributed by atoms with Gasteiger partial charge in [0, 0.05) is 6.61 Å². The minimum atomic E-state index is 0.804. The molecule has 1 heteroatoms. The van der Waals surface area contributed by atoms with Gasteiger partial charge in [0.1, 0.15) is 0 Å². The maximum absolute atomic E-state index is 5.40. The van der Waals surface area contributed by atoms with Crippen molar-refractivity contribution < 1.29 is 4.74 Å². The van der Waals surface area contributed by atoms with Crippen LogP contribution < -0.4 is 0 Å². The molecule has 0 bridgehead atoms. The maximum Gasteiger partial charge on any atom is 0.0647 e. The van der Waals surface area contributed by atoms with Crippen LogP contribution in [-0.4, -0.2) is 13.2 Å². The van der Waals surface area contributed by atoms with Gasteiger partial charge in [0.2, 0.25) is 0 Å². The number of rotatable bonds is 9. The van der Waals surface area contributed by atoms with Gasteiger partial charge in [0.15, 0.2) is 0 Å². The van der Waals surface area contributed by atoms with Crippen LogP contribution in [0.15, 0.2) is 12.2 Å². The van der Waals surface area contributed by atoms with E-state index >= 15 is 0 Å². The monoisotopic (exact) mass is 320 g/mol. The molecule has 0 atom stereocenters. The van der Waals surface area contributed by atoms with Crippen LogP contribution >= 0.6 is 0 Å². The highest BCUT2D eigenvalue weighted by Crippen LogP contribution is 2.42. The normalized spacial score (nSPS) is 32.4. The zero-order chi connectivity index (χ0) is 16.3. The first-order valence-corrected chi connectivity index (χ1v) is 10.6. The van der Waals surface area contributed by atoms with Gasteiger partial charge < -0.3 is 4.74 Å². The van der Waals surface area contributed by atoms with E-state index in [-0.39, 0.29) is 0 Å². The van der Waals surface area contributed by atoms with E-state index in [4.69, 9.17) is 4.74 Å². The summed E-state index contributed by atoms with van der Waals surface area (Å²) >= 11 is 0. The number of hydrogen-bond donors (Lipinski definition) is 0. The first-order chi connectivity index (χ1) is 11.3. The average Bonchev–Trinajstić information content (AvgIpc) is 2.60. The van der Waals surface area contributed by atoms with Crippen LogP contribution in [0, 0.1) is 23.7 Å². The maximum atomic E-state index is 5.40. The summed E-state index contributed by atoms with van der Waals surface area (Å²) in [6.45, 7) is 6.02. The Hall–Kier alpha value is -0.300. The molecule has 2 rings (SSSR count). The predicted molar refractivity (Wildman–Crippen MR) is 101 cm³/mol. The molecule has 23 heavy (non-hydrogen) atoms. The van der Waals surface area contributed by atoms with Crippen molar-refractivity contribution in [3.05, 3.63) is 12.2 Å². The van der Waals surface area contributed by atoms with Crippen molar-refractivity contribution in [2.75, 3.05) is 13.2 Å². The molecule has 0 saturated heterocycles. The molecule has 0 heterocycles. The van der Waals surface area contributed by atoms with Crippen LogP contribution in [0.3, 0.4) is 0 Å². The molecule has 2 fully saturated rings. The molecule has 0 spiro atoms. The van der Waals surface area contributed by atoms with E-state index in [1.54, 1.807) is 0 Å². The lowest BCUT2D eigenvalue weighted by Crippen LogP contribution is -2.25. The third kappa shape index (κ3) is 6.99. The molecule has 0 aliphatic heterocycles. The molecule has 0 amide bonds. The molecular weight excluding hydrogens is 280 g/mol. The second-order valence-electron chi connectivity index (χ2n) is 8.04. The number of hydrogen-bond acceptors (Lipinski definition) is 1. The second-order valence-corrected chi connectivity index (χ2v) is 8.04. The summed E-state index contributed by atoms with van der Waals surface area (Å²) in [5, 5.41) is 0. The van der Waals surface area contributed by atoms with E-state index in [0.29, 0.717) is 0 Å². The van der Waals surface area contributed by atoms with E-state index < -0.39 is 0 Å². The van der Waals surface area contributed by atoms with Crippen molar-refractivity contribution in [2.45, 2.75) is 90.9 Å². The standard InChI is InChI=1S/C22H40O/c1-3-5-6-8-19-10-14-21(15-11-19)22-16-12-20(13-17-22)9-7-18-23-4-2/h7,9,19-22H,3-6,8,10-18H2,1-2H3/b9-7+/t19-,20?,21-,22?. The molecule has 2 saturated carbocycles. The zero-order valence-corrected chi connectivity index (χ0v) is 15.8. The minimum absolute atomic E-state index is 0.804. The summed E-state index contributed by atoms with van der Waals surface area (Å²) in [5.41, 5.74) is 0. The largest absolute Gasteiger partial charge is 0.378 e. The Bertz CT molecular complexity index is 306. The van der Waals surface area contributed by atoms with E-state index in [0.717, 1.165) is 36.9 Å². The van der Waals surface area contributed by atoms with Gasteiger partial charge >= 0.3 is 0 Å². The fraction of sp³-hybridized carbons (Fsp3) is 0.909. The summed E-state index contributed by atoms with van der Waals surface area (Å²) in [4.78, 5) is 0. The number of ether oxygens (including phenoxy) is 1. The molecular formula is C22H40O. The van der Waals surface area contributed by atoms with Gasteiger partial charge in [0.25, 0.3) is 0 Å². The Morgan fingerprint density at radius 1 is 0.826 bits per heavy atom. The van der Waals surface area contributed by atoms with Crippen molar-refractivity contribution in [1.82, 2.24) is 0 Å². The summed E-state index contributed by atoms with van der Waals surface area (Å²) in [5.74, 6) is 4.00. The van der Waals surface area contributed by atoms with Crippen molar-refractivity contribution >= 4 is 0 Å². The molecule has 2 aliphatic carbocycles. The second kappa shape index (κ2) is 11.3. The van der Waals surface area contributed by atoms with Gasteiger partial charge in [0.05, 0.1) is 6.61 Å². The zero-order valence-electron chi connectivity index (χ0n) is 15.8. The SMILES string of the molecule is CCCCC[C@H]1CC[C@H](C2CCC(/C=C/COCC)CC2)CC1. The van der Waals surface area contributed by atoms with Gasteiger partial charge in [-0.2, -0.15) is 0 Å². The van der Waals surface area contributed by atoms with Gasteiger partial charge in [-0.1, -0.05) is 57.6 Å².